The largest absolute Gasteiger partial charge is 0.388 e. The van der Waals surface area contributed by atoms with Gasteiger partial charge in [-0.25, -0.2) is 0 Å². The summed E-state index contributed by atoms with van der Waals surface area (Å²) in [6.45, 7) is 3.28. The van der Waals surface area contributed by atoms with Crippen LogP contribution in [-0.4, -0.2) is 29.6 Å². The molecule has 3 heteroatoms. The maximum Gasteiger partial charge on any atom is 0.0802 e. The molecule has 1 fully saturated rings. The normalized spacial score (nSPS) is 24.9. The fourth-order valence-electron chi connectivity index (χ4n) is 3.07. The van der Waals surface area contributed by atoms with E-state index in [-0.39, 0.29) is 0 Å². The van der Waals surface area contributed by atoms with Crippen molar-refractivity contribution in [3.05, 3.63) is 34.9 Å². The zero-order valence-corrected chi connectivity index (χ0v) is 13.3. The van der Waals surface area contributed by atoms with Gasteiger partial charge in [0, 0.05) is 17.6 Å². The van der Waals surface area contributed by atoms with Crippen LogP contribution in [0.2, 0.25) is 5.02 Å². The van der Waals surface area contributed by atoms with E-state index in [9.17, 15) is 5.11 Å². The molecule has 0 heterocycles. The van der Waals surface area contributed by atoms with Crippen LogP contribution in [0.3, 0.4) is 0 Å². The van der Waals surface area contributed by atoms with Crippen molar-refractivity contribution in [2.45, 2.75) is 51.2 Å². The van der Waals surface area contributed by atoms with Crippen molar-refractivity contribution in [1.82, 2.24) is 4.90 Å². The number of halogens is 1. The second kappa shape index (κ2) is 7.44. The van der Waals surface area contributed by atoms with Crippen molar-refractivity contribution in [3.63, 3.8) is 0 Å². The number of benzene rings is 1. The fourth-order valence-corrected chi connectivity index (χ4v) is 3.27. The minimum Gasteiger partial charge on any atom is -0.388 e. The summed E-state index contributed by atoms with van der Waals surface area (Å²) in [5.41, 5.74) is 0.920. The summed E-state index contributed by atoms with van der Waals surface area (Å²) < 4.78 is 0. The summed E-state index contributed by atoms with van der Waals surface area (Å²) in [6, 6.07) is 8.23. The standard InChI is InChI=1S/C17H26ClNO/c1-13-6-8-16(9-7-13)19(2)11-10-17(20)14-4-3-5-15(18)12-14/h3-5,12-13,16-17,20H,6-11H2,1-2H3. The average molecular weight is 296 g/mol. The molecule has 0 radical (unpaired) electrons. The molecule has 2 rings (SSSR count). The molecule has 2 nitrogen and oxygen atoms in total. The molecule has 0 saturated heterocycles. The van der Waals surface area contributed by atoms with Gasteiger partial charge in [-0.2, -0.15) is 0 Å². The van der Waals surface area contributed by atoms with E-state index in [0.717, 1.165) is 24.4 Å². The Kier molecular flexibility index (Phi) is 5.88. The van der Waals surface area contributed by atoms with Crippen molar-refractivity contribution in [2.75, 3.05) is 13.6 Å². The van der Waals surface area contributed by atoms with Crippen LogP contribution >= 0.6 is 11.6 Å². The van der Waals surface area contributed by atoms with Gasteiger partial charge < -0.3 is 10.0 Å². The first-order valence-electron chi connectivity index (χ1n) is 7.70. The topological polar surface area (TPSA) is 23.5 Å². The van der Waals surface area contributed by atoms with Crippen molar-refractivity contribution in [3.8, 4) is 0 Å². The van der Waals surface area contributed by atoms with Gasteiger partial charge in [0.05, 0.1) is 6.10 Å². The van der Waals surface area contributed by atoms with Crippen LogP contribution in [0.15, 0.2) is 24.3 Å². The number of rotatable bonds is 5. The van der Waals surface area contributed by atoms with Gasteiger partial charge in [0.15, 0.2) is 0 Å². The molecular weight excluding hydrogens is 270 g/mol. The van der Waals surface area contributed by atoms with Crippen LogP contribution < -0.4 is 0 Å². The van der Waals surface area contributed by atoms with Gasteiger partial charge in [-0.05, 0) is 62.8 Å². The van der Waals surface area contributed by atoms with Crippen molar-refractivity contribution in [1.29, 1.82) is 0 Å². The Bertz CT molecular complexity index is 415. The Morgan fingerprint density at radius 3 is 2.65 bits per heavy atom. The van der Waals surface area contributed by atoms with E-state index in [1.165, 1.54) is 25.7 Å². The van der Waals surface area contributed by atoms with E-state index >= 15 is 0 Å². The Labute approximate surface area is 127 Å². The lowest BCUT2D eigenvalue weighted by Crippen LogP contribution is -2.35. The maximum atomic E-state index is 10.2. The lowest BCUT2D eigenvalue weighted by molar-refractivity contribution is 0.119. The van der Waals surface area contributed by atoms with Gasteiger partial charge in [0.1, 0.15) is 0 Å². The van der Waals surface area contributed by atoms with Crippen LogP contribution in [0.25, 0.3) is 0 Å². The van der Waals surface area contributed by atoms with Gasteiger partial charge in [-0.15, -0.1) is 0 Å². The highest BCUT2D eigenvalue weighted by atomic mass is 35.5. The van der Waals surface area contributed by atoms with E-state index in [4.69, 9.17) is 11.6 Å². The number of hydrogen-bond donors (Lipinski definition) is 1. The summed E-state index contributed by atoms with van der Waals surface area (Å²) >= 11 is 5.97. The van der Waals surface area contributed by atoms with E-state index in [0.29, 0.717) is 11.1 Å². The van der Waals surface area contributed by atoms with Crippen molar-refractivity contribution < 1.29 is 5.11 Å². The summed E-state index contributed by atoms with van der Waals surface area (Å²) in [5, 5.41) is 10.9. The summed E-state index contributed by atoms with van der Waals surface area (Å²) in [6.07, 6.45) is 5.62. The minimum absolute atomic E-state index is 0.418. The molecule has 0 amide bonds. The molecule has 0 bridgehead atoms. The van der Waals surface area contributed by atoms with E-state index in [2.05, 4.69) is 18.9 Å². The molecule has 1 saturated carbocycles. The first-order valence-corrected chi connectivity index (χ1v) is 8.08. The van der Waals surface area contributed by atoms with Gasteiger partial charge in [0.2, 0.25) is 0 Å². The fraction of sp³-hybridized carbons (Fsp3) is 0.647. The first-order chi connectivity index (χ1) is 9.56. The Morgan fingerprint density at radius 2 is 2.00 bits per heavy atom. The average Bonchev–Trinajstić information content (AvgIpc) is 2.45. The lowest BCUT2D eigenvalue weighted by atomic mass is 9.86. The van der Waals surface area contributed by atoms with Gasteiger partial charge in [0.25, 0.3) is 0 Å². The zero-order valence-electron chi connectivity index (χ0n) is 12.6. The molecular formula is C17H26ClNO. The number of aliphatic hydroxyl groups excluding tert-OH is 1. The molecule has 112 valence electrons. The van der Waals surface area contributed by atoms with Crippen molar-refractivity contribution in [2.24, 2.45) is 5.92 Å². The predicted molar refractivity (Wildman–Crippen MR) is 85.1 cm³/mol. The molecule has 1 atom stereocenters. The zero-order chi connectivity index (χ0) is 14.5. The highest BCUT2D eigenvalue weighted by molar-refractivity contribution is 6.30. The van der Waals surface area contributed by atoms with Crippen LogP contribution in [0.4, 0.5) is 0 Å². The summed E-state index contributed by atoms with van der Waals surface area (Å²) in [5.74, 6) is 0.886. The Balaban J connectivity index is 1.79. The minimum atomic E-state index is -0.418. The van der Waals surface area contributed by atoms with Crippen LogP contribution in [0.5, 0.6) is 0 Å². The molecule has 0 aliphatic heterocycles. The second-order valence-electron chi connectivity index (χ2n) is 6.25. The molecule has 0 spiro atoms. The molecule has 1 aliphatic rings. The second-order valence-corrected chi connectivity index (χ2v) is 6.69. The number of hydrogen-bond acceptors (Lipinski definition) is 2. The Hall–Kier alpha value is -0.570. The van der Waals surface area contributed by atoms with E-state index < -0.39 is 6.10 Å². The van der Waals surface area contributed by atoms with Gasteiger partial charge in [-0.1, -0.05) is 30.7 Å². The molecule has 1 aromatic carbocycles. The molecule has 0 aromatic heterocycles. The third-order valence-electron chi connectivity index (χ3n) is 4.60. The molecule has 1 unspecified atom stereocenters. The summed E-state index contributed by atoms with van der Waals surface area (Å²) in [7, 11) is 2.19. The molecule has 1 aliphatic carbocycles. The molecule has 1 aromatic rings. The molecule has 1 N–H and O–H groups in total. The number of nitrogens with zero attached hydrogens (tertiary/aromatic N) is 1. The van der Waals surface area contributed by atoms with Crippen LogP contribution in [-0.2, 0) is 0 Å². The van der Waals surface area contributed by atoms with Gasteiger partial charge in [-0.3, -0.25) is 0 Å². The predicted octanol–water partition coefficient (Wildman–Crippen LogP) is 4.27. The highest BCUT2D eigenvalue weighted by Gasteiger charge is 2.22. The van der Waals surface area contributed by atoms with E-state index in [1.54, 1.807) is 0 Å². The first kappa shape index (κ1) is 15.8. The van der Waals surface area contributed by atoms with Gasteiger partial charge >= 0.3 is 0 Å². The van der Waals surface area contributed by atoms with Crippen molar-refractivity contribution >= 4 is 11.6 Å². The quantitative estimate of drug-likeness (QED) is 0.877. The maximum absolute atomic E-state index is 10.2. The third-order valence-corrected chi connectivity index (χ3v) is 4.83. The van der Waals surface area contributed by atoms with Crippen LogP contribution in [0, 0.1) is 5.92 Å². The highest BCUT2D eigenvalue weighted by Crippen LogP contribution is 2.27. The van der Waals surface area contributed by atoms with Crippen LogP contribution in [0.1, 0.15) is 50.7 Å². The SMILES string of the molecule is CC1CCC(N(C)CCC(O)c2cccc(Cl)c2)CC1. The molecule has 20 heavy (non-hydrogen) atoms. The monoisotopic (exact) mass is 295 g/mol. The smallest absolute Gasteiger partial charge is 0.0802 e. The third kappa shape index (κ3) is 4.47. The lowest BCUT2D eigenvalue weighted by Gasteiger charge is -2.34. The number of aliphatic hydroxyl groups is 1. The van der Waals surface area contributed by atoms with E-state index in [1.807, 2.05) is 24.3 Å². The summed E-state index contributed by atoms with van der Waals surface area (Å²) in [4.78, 5) is 2.42. The Morgan fingerprint density at radius 1 is 1.30 bits per heavy atom.